The SMILES string of the molecule is Cc1ccc(Cn2c(CCN)nc3cc(Cl)c(Cl)cc32)cc1. The summed E-state index contributed by atoms with van der Waals surface area (Å²) in [5, 5.41) is 1.06. The lowest BCUT2D eigenvalue weighted by atomic mass is 10.1. The van der Waals surface area contributed by atoms with Crippen molar-refractivity contribution in [2.75, 3.05) is 6.54 Å². The first-order valence-corrected chi connectivity index (χ1v) is 7.94. The molecule has 3 aromatic rings. The van der Waals surface area contributed by atoms with E-state index in [2.05, 4.69) is 40.7 Å². The van der Waals surface area contributed by atoms with Crippen molar-refractivity contribution in [2.45, 2.75) is 19.9 Å². The zero-order chi connectivity index (χ0) is 15.7. The van der Waals surface area contributed by atoms with Crippen molar-refractivity contribution in [2.24, 2.45) is 5.73 Å². The van der Waals surface area contributed by atoms with Crippen LogP contribution >= 0.6 is 23.2 Å². The largest absolute Gasteiger partial charge is 0.330 e. The zero-order valence-electron chi connectivity index (χ0n) is 12.3. The van der Waals surface area contributed by atoms with Gasteiger partial charge in [0.25, 0.3) is 0 Å². The molecule has 1 aromatic heterocycles. The lowest BCUT2D eigenvalue weighted by molar-refractivity contribution is 0.734. The molecule has 0 saturated carbocycles. The Bertz CT molecular complexity index is 807. The number of halogens is 2. The van der Waals surface area contributed by atoms with Crippen LogP contribution in [0, 0.1) is 6.92 Å². The van der Waals surface area contributed by atoms with E-state index in [9.17, 15) is 0 Å². The van der Waals surface area contributed by atoms with Crippen molar-refractivity contribution in [3.8, 4) is 0 Å². The normalized spacial score (nSPS) is 11.3. The third-order valence-corrected chi connectivity index (χ3v) is 4.42. The van der Waals surface area contributed by atoms with Gasteiger partial charge < -0.3 is 10.3 Å². The molecule has 2 N–H and O–H groups in total. The number of nitrogens with two attached hydrogens (primary N) is 1. The summed E-state index contributed by atoms with van der Waals surface area (Å²) in [4.78, 5) is 4.66. The van der Waals surface area contributed by atoms with E-state index < -0.39 is 0 Å². The second-order valence-corrected chi connectivity index (χ2v) is 6.21. The lowest BCUT2D eigenvalue weighted by Crippen LogP contribution is -2.11. The quantitative estimate of drug-likeness (QED) is 0.777. The van der Waals surface area contributed by atoms with Gasteiger partial charge in [-0.25, -0.2) is 4.98 Å². The molecule has 0 bridgehead atoms. The number of fused-ring (bicyclic) bond motifs is 1. The Labute approximate surface area is 139 Å². The van der Waals surface area contributed by atoms with Crippen molar-refractivity contribution in [3.63, 3.8) is 0 Å². The van der Waals surface area contributed by atoms with Gasteiger partial charge in [-0.05, 0) is 31.2 Å². The van der Waals surface area contributed by atoms with E-state index in [4.69, 9.17) is 28.9 Å². The first kappa shape index (κ1) is 15.3. The Morgan fingerprint density at radius 2 is 1.77 bits per heavy atom. The first-order chi connectivity index (χ1) is 10.6. The Balaban J connectivity index is 2.10. The van der Waals surface area contributed by atoms with Crippen LogP contribution < -0.4 is 5.73 Å². The van der Waals surface area contributed by atoms with Gasteiger partial charge in [-0.1, -0.05) is 53.0 Å². The average Bonchev–Trinajstić information content (AvgIpc) is 2.80. The minimum absolute atomic E-state index is 0.522. The number of aryl methyl sites for hydroxylation is 1. The summed E-state index contributed by atoms with van der Waals surface area (Å²) in [6, 6.07) is 12.2. The number of imidazole rings is 1. The number of benzene rings is 2. The molecule has 114 valence electrons. The van der Waals surface area contributed by atoms with Gasteiger partial charge in [0.15, 0.2) is 0 Å². The third-order valence-electron chi connectivity index (χ3n) is 3.70. The van der Waals surface area contributed by atoms with Crippen molar-refractivity contribution >= 4 is 34.2 Å². The zero-order valence-corrected chi connectivity index (χ0v) is 13.8. The standard InChI is InChI=1S/C17H17Cl2N3/c1-11-2-4-12(5-3-11)10-22-16-9-14(19)13(18)8-15(16)21-17(22)6-7-20/h2-5,8-9H,6-7,10,20H2,1H3. The fourth-order valence-electron chi connectivity index (χ4n) is 2.54. The molecule has 0 amide bonds. The van der Waals surface area contributed by atoms with Gasteiger partial charge in [0.1, 0.15) is 5.82 Å². The van der Waals surface area contributed by atoms with E-state index in [1.54, 1.807) is 0 Å². The molecule has 0 fully saturated rings. The van der Waals surface area contributed by atoms with Gasteiger partial charge in [0.2, 0.25) is 0 Å². The summed E-state index contributed by atoms with van der Waals surface area (Å²) in [6.45, 7) is 3.38. The number of hydrogen-bond donors (Lipinski definition) is 1. The molecule has 0 spiro atoms. The summed E-state index contributed by atoms with van der Waals surface area (Å²) < 4.78 is 2.16. The molecule has 2 aromatic carbocycles. The Morgan fingerprint density at radius 1 is 1.09 bits per heavy atom. The second-order valence-electron chi connectivity index (χ2n) is 5.39. The number of nitrogens with zero attached hydrogens (tertiary/aromatic N) is 2. The molecule has 1 heterocycles. The Kier molecular flexibility index (Phi) is 4.39. The van der Waals surface area contributed by atoms with E-state index in [0.717, 1.165) is 29.8 Å². The smallest absolute Gasteiger partial charge is 0.111 e. The summed E-state index contributed by atoms with van der Waals surface area (Å²) in [6.07, 6.45) is 0.718. The van der Waals surface area contributed by atoms with E-state index in [0.29, 0.717) is 16.6 Å². The van der Waals surface area contributed by atoms with Crippen LogP contribution in [0.15, 0.2) is 36.4 Å². The topological polar surface area (TPSA) is 43.8 Å². The van der Waals surface area contributed by atoms with E-state index in [1.807, 2.05) is 12.1 Å². The van der Waals surface area contributed by atoms with Gasteiger partial charge in [0, 0.05) is 13.0 Å². The summed E-state index contributed by atoms with van der Waals surface area (Å²) in [5.41, 5.74) is 10.0. The van der Waals surface area contributed by atoms with Crippen LogP contribution in [0.3, 0.4) is 0 Å². The monoisotopic (exact) mass is 333 g/mol. The average molecular weight is 334 g/mol. The molecule has 22 heavy (non-hydrogen) atoms. The maximum absolute atomic E-state index is 6.17. The molecule has 3 rings (SSSR count). The minimum Gasteiger partial charge on any atom is -0.330 e. The van der Waals surface area contributed by atoms with E-state index >= 15 is 0 Å². The van der Waals surface area contributed by atoms with Crippen molar-refractivity contribution in [1.82, 2.24) is 9.55 Å². The molecule has 0 unspecified atom stereocenters. The van der Waals surface area contributed by atoms with Crippen LogP contribution in [-0.4, -0.2) is 16.1 Å². The number of rotatable bonds is 4. The fraction of sp³-hybridized carbons (Fsp3) is 0.235. The van der Waals surface area contributed by atoms with Crippen LogP contribution in [0.1, 0.15) is 17.0 Å². The fourth-order valence-corrected chi connectivity index (χ4v) is 2.86. The molecule has 0 aliphatic carbocycles. The van der Waals surface area contributed by atoms with Gasteiger partial charge >= 0.3 is 0 Å². The van der Waals surface area contributed by atoms with Crippen LogP contribution in [0.2, 0.25) is 10.0 Å². The minimum atomic E-state index is 0.522. The Hall–Kier alpha value is -1.55. The molecule has 5 heteroatoms. The summed E-state index contributed by atoms with van der Waals surface area (Å²) in [7, 11) is 0. The maximum Gasteiger partial charge on any atom is 0.111 e. The third kappa shape index (κ3) is 2.98. The van der Waals surface area contributed by atoms with Gasteiger partial charge in [-0.2, -0.15) is 0 Å². The highest BCUT2D eigenvalue weighted by atomic mass is 35.5. The van der Waals surface area contributed by atoms with Crippen LogP contribution in [0.25, 0.3) is 11.0 Å². The van der Waals surface area contributed by atoms with Crippen LogP contribution in [-0.2, 0) is 13.0 Å². The van der Waals surface area contributed by atoms with Gasteiger partial charge in [-0.3, -0.25) is 0 Å². The summed E-state index contributed by atoms with van der Waals surface area (Å²) >= 11 is 12.3. The highest BCUT2D eigenvalue weighted by Crippen LogP contribution is 2.29. The molecule has 0 aliphatic heterocycles. The first-order valence-electron chi connectivity index (χ1n) is 7.18. The van der Waals surface area contributed by atoms with Crippen molar-refractivity contribution < 1.29 is 0 Å². The number of aromatic nitrogens is 2. The predicted molar refractivity (Wildman–Crippen MR) is 92.8 cm³/mol. The molecule has 0 aliphatic rings. The predicted octanol–water partition coefficient (Wildman–Crippen LogP) is 4.20. The van der Waals surface area contributed by atoms with E-state index in [-0.39, 0.29) is 0 Å². The second kappa shape index (κ2) is 6.29. The molecule has 0 saturated heterocycles. The van der Waals surface area contributed by atoms with Gasteiger partial charge in [0.05, 0.1) is 21.1 Å². The molecular formula is C17H17Cl2N3. The van der Waals surface area contributed by atoms with Crippen molar-refractivity contribution in [1.29, 1.82) is 0 Å². The summed E-state index contributed by atoms with van der Waals surface area (Å²) in [5.74, 6) is 0.955. The van der Waals surface area contributed by atoms with Crippen LogP contribution in [0.4, 0.5) is 0 Å². The Morgan fingerprint density at radius 3 is 2.45 bits per heavy atom. The molecule has 0 atom stereocenters. The highest BCUT2D eigenvalue weighted by Gasteiger charge is 2.13. The molecule has 3 nitrogen and oxygen atoms in total. The van der Waals surface area contributed by atoms with Gasteiger partial charge in [-0.15, -0.1) is 0 Å². The highest BCUT2D eigenvalue weighted by molar-refractivity contribution is 6.42. The van der Waals surface area contributed by atoms with Crippen molar-refractivity contribution in [3.05, 3.63) is 63.4 Å². The lowest BCUT2D eigenvalue weighted by Gasteiger charge is -2.09. The maximum atomic E-state index is 6.17. The van der Waals surface area contributed by atoms with Crippen LogP contribution in [0.5, 0.6) is 0 Å². The molecule has 0 radical (unpaired) electrons. The molecular weight excluding hydrogens is 317 g/mol. The van der Waals surface area contributed by atoms with E-state index in [1.165, 1.54) is 11.1 Å². The number of hydrogen-bond acceptors (Lipinski definition) is 2.